The molecule has 1 heterocycles. The molecule has 0 saturated carbocycles. The van der Waals surface area contributed by atoms with Crippen molar-refractivity contribution in [1.29, 1.82) is 0 Å². The number of pyridine rings is 1. The van der Waals surface area contributed by atoms with E-state index in [1.165, 1.54) is 24.3 Å². The molecule has 0 radical (unpaired) electrons. The van der Waals surface area contributed by atoms with Crippen LogP contribution in [0.15, 0.2) is 71.8 Å². The van der Waals surface area contributed by atoms with E-state index < -0.39 is 10.0 Å². The number of aryl methyl sites for hydroxylation is 2. The lowest BCUT2D eigenvalue weighted by Gasteiger charge is -2.10. The molecule has 7 heteroatoms. The Kier molecular flexibility index (Phi) is 6.29. The van der Waals surface area contributed by atoms with Crippen LogP contribution in [0.2, 0.25) is 0 Å². The number of carbonyl (C=O) groups excluding carboxylic acids is 1. The number of sulfonamides is 1. The first-order valence-corrected chi connectivity index (χ1v) is 10.7. The topological polar surface area (TPSA) is 88.2 Å². The molecule has 0 unspecified atom stereocenters. The molecule has 1 amide bonds. The number of hydrogen-bond donors (Lipinski definition) is 2. The molecular formula is C22H23N3O3S. The molecule has 6 nitrogen and oxygen atoms in total. The van der Waals surface area contributed by atoms with Gasteiger partial charge in [0.05, 0.1) is 4.90 Å². The van der Waals surface area contributed by atoms with Crippen molar-refractivity contribution in [2.75, 3.05) is 11.3 Å². The molecule has 0 fully saturated rings. The van der Waals surface area contributed by atoms with Crippen molar-refractivity contribution in [2.24, 2.45) is 0 Å². The van der Waals surface area contributed by atoms with Gasteiger partial charge in [0.2, 0.25) is 0 Å². The summed E-state index contributed by atoms with van der Waals surface area (Å²) in [6.07, 6.45) is 2.33. The molecule has 0 bridgehead atoms. The van der Waals surface area contributed by atoms with Gasteiger partial charge in [0.1, 0.15) is 0 Å². The lowest BCUT2D eigenvalue weighted by Crippen LogP contribution is -2.26. The summed E-state index contributed by atoms with van der Waals surface area (Å²) in [6.45, 7) is 4.34. The number of anilines is 1. The SMILES string of the molecule is Cc1ccc(NS(=O)(=O)c2ccc(C(=O)NCCc3ccccn3)cc2)cc1C. The highest BCUT2D eigenvalue weighted by Gasteiger charge is 2.15. The second-order valence-corrected chi connectivity index (χ2v) is 8.44. The molecule has 3 rings (SSSR count). The van der Waals surface area contributed by atoms with Crippen molar-refractivity contribution < 1.29 is 13.2 Å². The summed E-state index contributed by atoms with van der Waals surface area (Å²) in [5.41, 5.74) is 3.89. The number of benzene rings is 2. The zero-order valence-corrected chi connectivity index (χ0v) is 17.2. The van der Waals surface area contributed by atoms with Gasteiger partial charge >= 0.3 is 0 Å². The third kappa shape index (κ3) is 5.42. The van der Waals surface area contributed by atoms with E-state index in [-0.39, 0.29) is 10.8 Å². The van der Waals surface area contributed by atoms with Crippen LogP contribution in [0.4, 0.5) is 5.69 Å². The van der Waals surface area contributed by atoms with Gasteiger partial charge in [0, 0.05) is 36.1 Å². The fourth-order valence-electron chi connectivity index (χ4n) is 2.76. The number of nitrogens with zero attached hydrogens (tertiary/aromatic N) is 1. The first-order chi connectivity index (χ1) is 13.8. The van der Waals surface area contributed by atoms with E-state index in [1.807, 2.05) is 38.1 Å². The largest absolute Gasteiger partial charge is 0.352 e. The molecule has 150 valence electrons. The van der Waals surface area contributed by atoms with Gasteiger partial charge in [-0.15, -0.1) is 0 Å². The Labute approximate surface area is 171 Å². The molecule has 2 N–H and O–H groups in total. The second-order valence-electron chi connectivity index (χ2n) is 6.76. The molecule has 0 aliphatic heterocycles. The number of aromatic nitrogens is 1. The summed E-state index contributed by atoms with van der Waals surface area (Å²) >= 11 is 0. The van der Waals surface area contributed by atoms with Crippen LogP contribution in [0.3, 0.4) is 0 Å². The Balaban J connectivity index is 1.62. The summed E-state index contributed by atoms with van der Waals surface area (Å²) in [5, 5.41) is 2.81. The van der Waals surface area contributed by atoms with E-state index in [0.29, 0.717) is 24.2 Å². The molecule has 0 atom stereocenters. The van der Waals surface area contributed by atoms with Crippen LogP contribution in [0.1, 0.15) is 27.2 Å². The minimum absolute atomic E-state index is 0.0979. The maximum Gasteiger partial charge on any atom is 0.261 e. The number of amides is 1. The van der Waals surface area contributed by atoms with Gasteiger partial charge in [-0.25, -0.2) is 8.42 Å². The van der Waals surface area contributed by atoms with Crippen molar-refractivity contribution in [3.05, 3.63) is 89.2 Å². The molecule has 0 spiro atoms. The number of hydrogen-bond acceptors (Lipinski definition) is 4. The van der Waals surface area contributed by atoms with Gasteiger partial charge in [0.25, 0.3) is 15.9 Å². The maximum atomic E-state index is 12.6. The van der Waals surface area contributed by atoms with E-state index in [2.05, 4.69) is 15.0 Å². The third-order valence-corrected chi connectivity index (χ3v) is 5.98. The Hall–Kier alpha value is -3.19. The monoisotopic (exact) mass is 409 g/mol. The summed E-state index contributed by atoms with van der Waals surface area (Å²) in [4.78, 5) is 16.6. The molecule has 0 aliphatic rings. The van der Waals surface area contributed by atoms with Gasteiger partial charge in [-0.3, -0.25) is 14.5 Å². The molecule has 1 aromatic heterocycles. The van der Waals surface area contributed by atoms with Gasteiger partial charge in [-0.05, 0) is 73.5 Å². The zero-order valence-electron chi connectivity index (χ0n) is 16.3. The first kappa shape index (κ1) is 20.5. The van der Waals surface area contributed by atoms with Crippen LogP contribution in [-0.2, 0) is 16.4 Å². The number of nitrogens with one attached hydrogen (secondary N) is 2. The first-order valence-electron chi connectivity index (χ1n) is 9.23. The van der Waals surface area contributed by atoms with E-state index in [9.17, 15) is 13.2 Å². The minimum atomic E-state index is -3.73. The van der Waals surface area contributed by atoms with Crippen molar-refractivity contribution in [1.82, 2.24) is 10.3 Å². The van der Waals surface area contributed by atoms with Gasteiger partial charge in [-0.2, -0.15) is 0 Å². The molecule has 0 saturated heterocycles. The molecule has 3 aromatic rings. The van der Waals surface area contributed by atoms with E-state index in [1.54, 1.807) is 18.3 Å². The summed E-state index contributed by atoms with van der Waals surface area (Å²) in [7, 11) is -3.73. The highest BCUT2D eigenvalue weighted by molar-refractivity contribution is 7.92. The van der Waals surface area contributed by atoms with Crippen molar-refractivity contribution in [2.45, 2.75) is 25.2 Å². The summed E-state index contributed by atoms with van der Waals surface area (Å²) in [5.74, 6) is -0.257. The summed E-state index contributed by atoms with van der Waals surface area (Å²) in [6, 6.07) is 16.9. The fourth-order valence-corrected chi connectivity index (χ4v) is 3.81. The average molecular weight is 410 g/mol. The fraction of sp³-hybridized carbons (Fsp3) is 0.182. The highest BCUT2D eigenvalue weighted by atomic mass is 32.2. The van der Waals surface area contributed by atoms with Crippen molar-refractivity contribution >= 4 is 21.6 Å². The third-order valence-electron chi connectivity index (χ3n) is 4.58. The number of rotatable bonds is 7. The van der Waals surface area contributed by atoms with Crippen LogP contribution in [0, 0.1) is 13.8 Å². The number of carbonyl (C=O) groups is 1. The average Bonchev–Trinajstić information content (AvgIpc) is 2.71. The smallest absolute Gasteiger partial charge is 0.261 e. The molecule has 2 aromatic carbocycles. The Bertz CT molecular complexity index is 1100. The standard InChI is InChI=1S/C22H23N3O3S/c1-16-6-9-20(15-17(16)2)25-29(27,28)21-10-7-18(8-11-21)22(26)24-14-12-19-5-3-4-13-23-19/h3-11,13,15,25H,12,14H2,1-2H3,(H,24,26). The van der Waals surface area contributed by atoms with E-state index in [4.69, 9.17) is 0 Å². The van der Waals surface area contributed by atoms with Crippen molar-refractivity contribution in [3.63, 3.8) is 0 Å². The zero-order chi connectivity index (χ0) is 20.9. The van der Waals surface area contributed by atoms with Gasteiger partial charge in [-0.1, -0.05) is 12.1 Å². The Morgan fingerprint density at radius 1 is 0.966 bits per heavy atom. The van der Waals surface area contributed by atoms with Gasteiger partial charge in [0.15, 0.2) is 0 Å². The van der Waals surface area contributed by atoms with Gasteiger partial charge < -0.3 is 5.32 Å². The summed E-state index contributed by atoms with van der Waals surface area (Å²) < 4.78 is 27.7. The quantitative estimate of drug-likeness (QED) is 0.625. The van der Waals surface area contributed by atoms with Crippen molar-refractivity contribution in [3.8, 4) is 0 Å². The normalized spacial score (nSPS) is 11.1. The van der Waals surface area contributed by atoms with E-state index >= 15 is 0 Å². The predicted molar refractivity (Wildman–Crippen MR) is 113 cm³/mol. The Morgan fingerprint density at radius 3 is 2.38 bits per heavy atom. The van der Waals surface area contributed by atoms with E-state index in [0.717, 1.165) is 16.8 Å². The molecule has 29 heavy (non-hydrogen) atoms. The second kappa shape index (κ2) is 8.87. The minimum Gasteiger partial charge on any atom is -0.352 e. The van der Waals surface area contributed by atoms with Crippen LogP contribution in [0.25, 0.3) is 0 Å². The van der Waals surface area contributed by atoms with Crippen LogP contribution < -0.4 is 10.0 Å². The molecular weight excluding hydrogens is 386 g/mol. The maximum absolute atomic E-state index is 12.6. The highest BCUT2D eigenvalue weighted by Crippen LogP contribution is 2.19. The molecule has 0 aliphatic carbocycles. The van der Waals surface area contributed by atoms with Crippen LogP contribution in [0.5, 0.6) is 0 Å². The predicted octanol–water partition coefficient (Wildman–Crippen LogP) is 3.47. The lowest BCUT2D eigenvalue weighted by molar-refractivity contribution is 0.0954. The Morgan fingerprint density at radius 2 is 1.72 bits per heavy atom. The lowest BCUT2D eigenvalue weighted by atomic mass is 10.1. The van der Waals surface area contributed by atoms with Crippen LogP contribution in [-0.4, -0.2) is 25.9 Å². The van der Waals surface area contributed by atoms with Crippen LogP contribution >= 0.6 is 0 Å².